The lowest BCUT2D eigenvalue weighted by Crippen LogP contribution is -2.29. The molecule has 0 radical (unpaired) electrons. The second-order valence-corrected chi connectivity index (χ2v) is 4.35. The summed E-state index contributed by atoms with van der Waals surface area (Å²) >= 11 is 0. The Hall–Kier alpha value is -2.43. The summed E-state index contributed by atoms with van der Waals surface area (Å²) in [6.45, 7) is 1.91. The minimum absolute atomic E-state index is 0.260. The Morgan fingerprint density at radius 3 is 2.65 bits per heavy atom. The van der Waals surface area contributed by atoms with Crippen molar-refractivity contribution in [3.05, 3.63) is 59.7 Å². The second kappa shape index (κ2) is 6.14. The third-order valence-corrected chi connectivity index (χ3v) is 3.04. The van der Waals surface area contributed by atoms with Gasteiger partial charge in [-0.15, -0.1) is 0 Å². The van der Waals surface area contributed by atoms with E-state index in [0.717, 1.165) is 11.6 Å². The van der Waals surface area contributed by atoms with Gasteiger partial charge in [-0.2, -0.15) is 0 Å². The van der Waals surface area contributed by atoms with Crippen LogP contribution in [-0.2, 0) is 0 Å². The Morgan fingerprint density at radius 1 is 1.35 bits per heavy atom. The van der Waals surface area contributed by atoms with Crippen LogP contribution < -0.4 is 5.32 Å². The molecule has 2 rings (SSSR count). The van der Waals surface area contributed by atoms with Crippen LogP contribution in [0.3, 0.4) is 0 Å². The van der Waals surface area contributed by atoms with Gasteiger partial charge in [-0.3, -0.25) is 9.78 Å². The van der Waals surface area contributed by atoms with E-state index in [1.54, 1.807) is 24.5 Å². The van der Waals surface area contributed by atoms with Gasteiger partial charge in [0.1, 0.15) is 17.1 Å². The molecule has 0 aliphatic carbocycles. The van der Waals surface area contributed by atoms with Gasteiger partial charge in [-0.05, 0) is 36.2 Å². The first-order chi connectivity index (χ1) is 9.63. The van der Waals surface area contributed by atoms with Crippen LogP contribution in [-0.4, -0.2) is 16.0 Å². The van der Waals surface area contributed by atoms with Gasteiger partial charge in [0.15, 0.2) is 0 Å². The van der Waals surface area contributed by atoms with Crippen LogP contribution in [0.5, 0.6) is 5.75 Å². The van der Waals surface area contributed by atoms with Gasteiger partial charge in [-0.25, -0.2) is 4.39 Å². The maximum atomic E-state index is 13.6. The molecule has 2 N–H and O–H groups in total. The highest BCUT2D eigenvalue weighted by atomic mass is 19.1. The zero-order chi connectivity index (χ0) is 14.5. The van der Waals surface area contributed by atoms with Crippen molar-refractivity contribution in [2.45, 2.75) is 19.4 Å². The van der Waals surface area contributed by atoms with Gasteiger partial charge in [-0.1, -0.05) is 13.0 Å². The number of carbonyl (C=O) groups excluding carboxylic acids is 1. The molecule has 0 saturated heterocycles. The molecule has 0 spiro atoms. The maximum absolute atomic E-state index is 13.6. The summed E-state index contributed by atoms with van der Waals surface area (Å²) in [4.78, 5) is 16.0. The first-order valence-corrected chi connectivity index (χ1v) is 6.31. The molecule has 0 fully saturated rings. The van der Waals surface area contributed by atoms with Crippen molar-refractivity contribution < 1.29 is 14.3 Å². The molecule has 4 nitrogen and oxygen atoms in total. The summed E-state index contributed by atoms with van der Waals surface area (Å²) in [6.07, 6.45) is 3.90. The molecule has 104 valence electrons. The Bertz CT molecular complexity index is 582. The van der Waals surface area contributed by atoms with Gasteiger partial charge in [0.25, 0.3) is 5.91 Å². The van der Waals surface area contributed by atoms with Crippen molar-refractivity contribution >= 4 is 5.91 Å². The minimum atomic E-state index is -0.743. The number of halogens is 1. The van der Waals surface area contributed by atoms with Crippen LogP contribution in [0.25, 0.3) is 0 Å². The van der Waals surface area contributed by atoms with Crippen LogP contribution in [0, 0.1) is 5.82 Å². The van der Waals surface area contributed by atoms with E-state index in [2.05, 4.69) is 10.3 Å². The third kappa shape index (κ3) is 2.93. The molecule has 0 aliphatic rings. The molecule has 0 saturated carbocycles. The highest BCUT2D eigenvalue weighted by Gasteiger charge is 2.20. The topological polar surface area (TPSA) is 62.2 Å². The lowest BCUT2D eigenvalue weighted by atomic mass is 10.1. The monoisotopic (exact) mass is 274 g/mol. The number of hydrogen-bond donors (Lipinski definition) is 2. The predicted molar refractivity (Wildman–Crippen MR) is 72.8 cm³/mol. The molecule has 5 heteroatoms. The zero-order valence-corrected chi connectivity index (χ0v) is 11.0. The van der Waals surface area contributed by atoms with Crippen LogP contribution in [0.2, 0.25) is 0 Å². The summed E-state index contributed by atoms with van der Waals surface area (Å²) < 4.78 is 13.6. The van der Waals surface area contributed by atoms with Crippen molar-refractivity contribution in [1.82, 2.24) is 10.3 Å². The summed E-state index contributed by atoms with van der Waals surface area (Å²) in [5.74, 6) is -1.75. The number of phenols is 1. The van der Waals surface area contributed by atoms with E-state index < -0.39 is 11.7 Å². The average Bonchev–Trinajstić information content (AvgIpc) is 2.45. The number of phenolic OH excluding ortho intramolecular Hbond substituents is 1. The van der Waals surface area contributed by atoms with Gasteiger partial charge < -0.3 is 10.4 Å². The summed E-state index contributed by atoms with van der Waals surface area (Å²) in [5, 5.41) is 12.3. The molecular formula is C15H15FN2O2. The number of hydrogen-bond acceptors (Lipinski definition) is 3. The summed E-state index contributed by atoms with van der Waals surface area (Å²) in [7, 11) is 0. The quantitative estimate of drug-likeness (QED) is 0.901. The van der Waals surface area contributed by atoms with Gasteiger partial charge >= 0.3 is 0 Å². The van der Waals surface area contributed by atoms with Crippen molar-refractivity contribution in [2.75, 3.05) is 0 Å². The molecule has 1 heterocycles. The number of carbonyl (C=O) groups is 1. The number of benzene rings is 1. The second-order valence-electron chi connectivity index (χ2n) is 4.35. The number of amides is 1. The van der Waals surface area contributed by atoms with E-state index in [1.807, 2.05) is 6.92 Å². The normalized spacial score (nSPS) is 11.9. The average molecular weight is 274 g/mol. The molecule has 20 heavy (non-hydrogen) atoms. The van der Waals surface area contributed by atoms with E-state index in [-0.39, 0.29) is 17.4 Å². The SMILES string of the molecule is CC[C@H](NC(=O)c1c(O)cccc1F)c1ccncc1. The molecule has 0 bridgehead atoms. The Labute approximate surface area is 116 Å². The van der Waals surface area contributed by atoms with Crippen LogP contribution >= 0.6 is 0 Å². The van der Waals surface area contributed by atoms with E-state index in [0.29, 0.717) is 6.42 Å². The van der Waals surface area contributed by atoms with Crippen LogP contribution in [0.1, 0.15) is 35.3 Å². The largest absolute Gasteiger partial charge is 0.507 e. The predicted octanol–water partition coefficient (Wildman–Crippen LogP) is 2.81. The number of nitrogens with one attached hydrogen (secondary N) is 1. The third-order valence-electron chi connectivity index (χ3n) is 3.04. The Balaban J connectivity index is 2.22. The van der Waals surface area contributed by atoms with Crippen molar-refractivity contribution in [3.63, 3.8) is 0 Å². The molecule has 1 aromatic carbocycles. The molecule has 0 unspecified atom stereocenters. The highest BCUT2D eigenvalue weighted by molar-refractivity contribution is 5.97. The van der Waals surface area contributed by atoms with E-state index in [1.165, 1.54) is 12.1 Å². The van der Waals surface area contributed by atoms with Gasteiger partial charge in [0.2, 0.25) is 0 Å². The lowest BCUT2D eigenvalue weighted by Gasteiger charge is -2.17. The maximum Gasteiger partial charge on any atom is 0.258 e. The molecule has 1 amide bonds. The Kier molecular flexibility index (Phi) is 4.30. The zero-order valence-electron chi connectivity index (χ0n) is 11.0. The molecule has 0 aliphatic heterocycles. The number of rotatable bonds is 4. The molecule has 1 atom stereocenters. The summed E-state index contributed by atoms with van der Waals surface area (Å²) in [5.41, 5.74) is 0.548. The van der Waals surface area contributed by atoms with Crippen LogP contribution in [0.4, 0.5) is 4.39 Å². The number of nitrogens with zero attached hydrogens (tertiary/aromatic N) is 1. The van der Waals surface area contributed by atoms with Gasteiger partial charge in [0.05, 0.1) is 6.04 Å². The smallest absolute Gasteiger partial charge is 0.258 e. The van der Waals surface area contributed by atoms with E-state index in [4.69, 9.17) is 0 Å². The fourth-order valence-corrected chi connectivity index (χ4v) is 1.98. The van der Waals surface area contributed by atoms with Gasteiger partial charge in [0, 0.05) is 12.4 Å². The fourth-order valence-electron chi connectivity index (χ4n) is 1.98. The first-order valence-electron chi connectivity index (χ1n) is 6.31. The van der Waals surface area contributed by atoms with Crippen molar-refractivity contribution in [3.8, 4) is 5.75 Å². The number of pyridine rings is 1. The Morgan fingerprint density at radius 2 is 2.05 bits per heavy atom. The van der Waals surface area contributed by atoms with Crippen molar-refractivity contribution in [2.24, 2.45) is 0 Å². The first kappa shape index (κ1) is 14.0. The minimum Gasteiger partial charge on any atom is -0.507 e. The highest BCUT2D eigenvalue weighted by Crippen LogP contribution is 2.22. The van der Waals surface area contributed by atoms with Crippen molar-refractivity contribution in [1.29, 1.82) is 0 Å². The van der Waals surface area contributed by atoms with E-state index >= 15 is 0 Å². The molecular weight excluding hydrogens is 259 g/mol. The number of aromatic hydroxyl groups is 1. The molecule has 1 aromatic heterocycles. The standard InChI is InChI=1S/C15H15FN2O2/c1-2-12(10-6-8-17-9-7-10)18-15(20)14-11(16)4-3-5-13(14)19/h3-9,12,19H,2H2,1H3,(H,18,20)/t12-/m0/s1. The fraction of sp³-hybridized carbons (Fsp3) is 0.200. The molecule has 2 aromatic rings. The number of aromatic nitrogens is 1. The summed E-state index contributed by atoms with van der Waals surface area (Å²) in [6, 6.07) is 7.09. The lowest BCUT2D eigenvalue weighted by molar-refractivity contribution is 0.0928. The van der Waals surface area contributed by atoms with Crippen LogP contribution in [0.15, 0.2) is 42.7 Å². The van der Waals surface area contributed by atoms with E-state index in [9.17, 15) is 14.3 Å².